The Kier molecular flexibility index (Phi) is 3.87. The van der Waals surface area contributed by atoms with Crippen LogP contribution in [0.1, 0.15) is 10.5 Å². The lowest BCUT2D eigenvalue weighted by atomic mass is 10.2. The molecular weight excluding hydrogens is 330 g/mol. The maximum atomic E-state index is 11.4. The van der Waals surface area contributed by atoms with Gasteiger partial charge < -0.3 is 5.73 Å². The maximum absolute atomic E-state index is 11.4. The second kappa shape index (κ2) is 5.87. The lowest BCUT2D eigenvalue weighted by Gasteiger charge is -2.07. The van der Waals surface area contributed by atoms with Gasteiger partial charge in [0.05, 0.1) is 22.0 Å². The first-order valence-corrected chi connectivity index (χ1v) is 8.35. The number of nitrogens with two attached hydrogens (primary N) is 2. The molecule has 1 aromatic carbocycles. The number of carbonyl (C=O) groups is 1. The quantitative estimate of drug-likeness (QED) is 0.718. The average Bonchev–Trinajstić information content (AvgIpc) is 3.00. The number of primary amides is 1. The monoisotopic (exact) mass is 343 g/mol. The summed E-state index contributed by atoms with van der Waals surface area (Å²) in [5, 5.41) is 9.26. The van der Waals surface area contributed by atoms with E-state index in [4.69, 9.17) is 10.9 Å². The number of pyridine rings is 1. The summed E-state index contributed by atoms with van der Waals surface area (Å²) in [5.74, 6) is -0.674. The number of hydrogen-bond donors (Lipinski definition) is 2. The topological polar surface area (TPSA) is 134 Å². The fourth-order valence-corrected chi connectivity index (χ4v) is 2.69. The lowest BCUT2D eigenvalue weighted by molar-refractivity contribution is 0.0995. The van der Waals surface area contributed by atoms with Crippen LogP contribution < -0.4 is 10.9 Å². The van der Waals surface area contributed by atoms with Gasteiger partial charge in [-0.05, 0) is 42.5 Å². The second-order valence-corrected chi connectivity index (χ2v) is 6.51. The summed E-state index contributed by atoms with van der Waals surface area (Å²) in [6.07, 6.45) is 1.61. The maximum Gasteiger partial charge on any atom is 0.269 e. The third-order valence-corrected chi connectivity index (χ3v) is 4.23. The summed E-state index contributed by atoms with van der Waals surface area (Å²) in [7, 11) is -3.79. The Bertz CT molecular complexity index is 995. The van der Waals surface area contributed by atoms with E-state index < -0.39 is 15.9 Å². The van der Waals surface area contributed by atoms with Gasteiger partial charge in [0.25, 0.3) is 5.91 Å². The van der Waals surface area contributed by atoms with Crippen LogP contribution in [-0.2, 0) is 10.0 Å². The molecule has 3 rings (SSSR count). The highest BCUT2D eigenvalue weighted by molar-refractivity contribution is 7.89. The van der Waals surface area contributed by atoms with Gasteiger partial charge in [-0.25, -0.2) is 18.2 Å². The average molecular weight is 343 g/mol. The van der Waals surface area contributed by atoms with E-state index in [-0.39, 0.29) is 10.6 Å². The Morgan fingerprint density at radius 2 is 1.79 bits per heavy atom. The summed E-state index contributed by atoms with van der Waals surface area (Å²) >= 11 is 0. The molecule has 0 fully saturated rings. The molecule has 8 nitrogen and oxygen atoms in total. The van der Waals surface area contributed by atoms with Crippen molar-refractivity contribution >= 4 is 15.9 Å². The molecule has 0 aliphatic rings. The van der Waals surface area contributed by atoms with Crippen molar-refractivity contribution in [2.45, 2.75) is 4.90 Å². The number of sulfonamides is 1. The van der Waals surface area contributed by atoms with Crippen LogP contribution >= 0.6 is 0 Å². The Morgan fingerprint density at radius 1 is 1.08 bits per heavy atom. The molecular formula is C15H13N5O3S. The second-order valence-electron chi connectivity index (χ2n) is 4.94. The fraction of sp³-hybridized carbons (Fsp3) is 0. The van der Waals surface area contributed by atoms with Crippen LogP contribution in [0.4, 0.5) is 0 Å². The molecule has 0 unspecified atom stereocenters. The zero-order valence-corrected chi connectivity index (χ0v) is 13.1. The SMILES string of the molecule is NC(=O)c1cc(-c2ccccn2)n(-c2ccc(S(N)(=O)=O)cc2)n1. The molecule has 24 heavy (non-hydrogen) atoms. The first kappa shape index (κ1) is 15.8. The number of carbonyl (C=O) groups excluding carboxylic acids is 1. The van der Waals surface area contributed by atoms with E-state index in [0.29, 0.717) is 17.1 Å². The van der Waals surface area contributed by atoms with Crippen LogP contribution in [0.3, 0.4) is 0 Å². The smallest absolute Gasteiger partial charge is 0.269 e. The van der Waals surface area contributed by atoms with Gasteiger partial charge in [-0.2, -0.15) is 5.10 Å². The minimum Gasteiger partial charge on any atom is -0.364 e. The molecule has 2 aromatic heterocycles. The van der Waals surface area contributed by atoms with Crippen molar-refractivity contribution in [3.8, 4) is 17.1 Å². The Hall–Kier alpha value is -3.04. The van der Waals surface area contributed by atoms with Crippen molar-refractivity contribution in [1.82, 2.24) is 14.8 Å². The van der Waals surface area contributed by atoms with Crippen molar-refractivity contribution < 1.29 is 13.2 Å². The zero-order valence-electron chi connectivity index (χ0n) is 12.3. The normalized spacial score (nSPS) is 11.4. The van der Waals surface area contributed by atoms with E-state index in [0.717, 1.165) is 0 Å². The van der Waals surface area contributed by atoms with Gasteiger partial charge >= 0.3 is 0 Å². The number of nitrogens with zero attached hydrogens (tertiary/aromatic N) is 3. The number of rotatable bonds is 4. The van der Waals surface area contributed by atoms with E-state index in [1.165, 1.54) is 35.0 Å². The third-order valence-electron chi connectivity index (χ3n) is 3.30. The first-order valence-electron chi connectivity index (χ1n) is 6.81. The molecule has 0 saturated heterocycles. The van der Waals surface area contributed by atoms with Gasteiger partial charge in [0.15, 0.2) is 5.69 Å². The predicted molar refractivity (Wildman–Crippen MR) is 86.7 cm³/mol. The minimum absolute atomic E-state index is 0.0204. The van der Waals surface area contributed by atoms with Gasteiger partial charge in [0.1, 0.15) is 0 Å². The molecule has 9 heteroatoms. The van der Waals surface area contributed by atoms with Crippen LogP contribution in [0.2, 0.25) is 0 Å². The van der Waals surface area contributed by atoms with Gasteiger partial charge in [0.2, 0.25) is 10.0 Å². The number of aromatic nitrogens is 3. The van der Waals surface area contributed by atoms with E-state index in [1.54, 1.807) is 24.4 Å². The van der Waals surface area contributed by atoms with E-state index >= 15 is 0 Å². The first-order chi connectivity index (χ1) is 11.4. The summed E-state index contributed by atoms with van der Waals surface area (Å²) in [5.41, 5.74) is 7.05. The summed E-state index contributed by atoms with van der Waals surface area (Å²) in [6.45, 7) is 0. The molecule has 0 radical (unpaired) electrons. The fourth-order valence-electron chi connectivity index (χ4n) is 2.17. The molecule has 0 bridgehead atoms. The standard InChI is InChI=1S/C15H13N5O3S/c16-15(21)13-9-14(12-3-1-2-8-18-12)20(19-13)10-4-6-11(7-5-10)24(17,22)23/h1-9H,(H2,16,21)(H2,17,22,23). The van der Waals surface area contributed by atoms with Crippen LogP contribution in [0.15, 0.2) is 59.6 Å². The highest BCUT2D eigenvalue weighted by Gasteiger charge is 2.16. The molecule has 3 aromatic rings. The van der Waals surface area contributed by atoms with Crippen molar-refractivity contribution in [2.24, 2.45) is 10.9 Å². The molecule has 0 aliphatic carbocycles. The van der Waals surface area contributed by atoms with Gasteiger partial charge in [-0.3, -0.25) is 9.78 Å². The van der Waals surface area contributed by atoms with Crippen LogP contribution in [0, 0.1) is 0 Å². The molecule has 1 amide bonds. The highest BCUT2D eigenvalue weighted by atomic mass is 32.2. The molecule has 0 saturated carbocycles. The van der Waals surface area contributed by atoms with Crippen molar-refractivity contribution in [1.29, 1.82) is 0 Å². The van der Waals surface area contributed by atoms with Gasteiger partial charge in [-0.15, -0.1) is 0 Å². The Labute approximate surface area is 137 Å². The number of primary sulfonamides is 1. The van der Waals surface area contributed by atoms with Crippen LogP contribution in [0.25, 0.3) is 17.1 Å². The van der Waals surface area contributed by atoms with Crippen LogP contribution in [-0.4, -0.2) is 29.1 Å². The summed E-state index contributed by atoms with van der Waals surface area (Å²) in [4.78, 5) is 15.7. The third kappa shape index (κ3) is 3.03. The zero-order chi connectivity index (χ0) is 17.3. The van der Waals surface area contributed by atoms with Crippen molar-refractivity contribution in [3.05, 3.63) is 60.4 Å². The number of hydrogen-bond acceptors (Lipinski definition) is 5. The Balaban J connectivity index is 2.15. The molecule has 0 atom stereocenters. The van der Waals surface area contributed by atoms with Gasteiger partial charge in [-0.1, -0.05) is 6.07 Å². The number of amides is 1. The minimum atomic E-state index is -3.79. The largest absolute Gasteiger partial charge is 0.364 e. The highest BCUT2D eigenvalue weighted by Crippen LogP contribution is 2.23. The number of benzene rings is 1. The van der Waals surface area contributed by atoms with Crippen molar-refractivity contribution in [2.75, 3.05) is 0 Å². The van der Waals surface area contributed by atoms with E-state index in [2.05, 4.69) is 10.1 Å². The molecule has 0 spiro atoms. The van der Waals surface area contributed by atoms with Crippen LogP contribution in [0.5, 0.6) is 0 Å². The predicted octanol–water partition coefficient (Wildman–Crippen LogP) is 0.681. The Morgan fingerprint density at radius 3 is 2.33 bits per heavy atom. The molecule has 0 aliphatic heterocycles. The lowest BCUT2D eigenvalue weighted by Crippen LogP contribution is -2.13. The molecule has 2 heterocycles. The molecule has 4 N–H and O–H groups in total. The van der Waals surface area contributed by atoms with Crippen molar-refractivity contribution in [3.63, 3.8) is 0 Å². The summed E-state index contributed by atoms with van der Waals surface area (Å²) in [6, 6.07) is 12.6. The van der Waals surface area contributed by atoms with Gasteiger partial charge in [0, 0.05) is 6.20 Å². The molecule has 122 valence electrons. The van der Waals surface area contributed by atoms with E-state index in [1.807, 2.05) is 0 Å². The summed E-state index contributed by atoms with van der Waals surface area (Å²) < 4.78 is 24.2. The van der Waals surface area contributed by atoms with E-state index in [9.17, 15) is 13.2 Å².